The predicted octanol–water partition coefficient (Wildman–Crippen LogP) is 5.15. The van der Waals surface area contributed by atoms with Gasteiger partial charge in [-0.05, 0) is 56.6 Å². The maximum absolute atomic E-state index is 14.0. The number of carbonyl (C=O) groups excluding carboxylic acids is 3. The quantitative estimate of drug-likeness (QED) is 0.237. The first-order valence-corrected chi connectivity index (χ1v) is 20.0. The minimum atomic E-state index is -3.85. The Bertz CT molecular complexity index is 1960. The van der Waals surface area contributed by atoms with E-state index in [9.17, 15) is 22.8 Å². The molecule has 2 fully saturated rings. The molecule has 1 aliphatic heterocycles. The molecular weight excluding hydrogens is 716 g/mol. The second-order valence-corrected chi connectivity index (χ2v) is 16.8. The van der Waals surface area contributed by atoms with Crippen LogP contribution in [0.15, 0.2) is 35.7 Å². The number of rotatable bonds is 10. The summed E-state index contributed by atoms with van der Waals surface area (Å²) in [5.74, 6) is -0.664. The van der Waals surface area contributed by atoms with Gasteiger partial charge in [-0.15, -0.1) is 11.3 Å². The number of allylic oxidation sites excluding steroid dienone is 1. The van der Waals surface area contributed by atoms with E-state index in [1.54, 1.807) is 25.2 Å². The van der Waals surface area contributed by atoms with Crippen LogP contribution in [0.25, 0.3) is 21.6 Å². The number of aromatic nitrogens is 2. The van der Waals surface area contributed by atoms with Gasteiger partial charge in [-0.3, -0.25) is 14.3 Å². The van der Waals surface area contributed by atoms with Crippen molar-refractivity contribution < 1.29 is 32.3 Å². The van der Waals surface area contributed by atoms with Crippen LogP contribution in [0, 0.1) is 5.92 Å². The molecule has 2 aromatic heterocycles. The molecule has 3 aliphatic rings. The van der Waals surface area contributed by atoms with E-state index in [2.05, 4.69) is 29.2 Å². The molecule has 2 saturated carbocycles. The second kappa shape index (κ2) is 15.0. The number of amides is 4. The topological polar surface area (TPSA) is 169 Å². The summed E-state index contributed by atoms with van der Waals surface area (Å²) in [6, 6.07) is 3.72. The van der Waals surface area contributed by atoms with E-state index in [1.807, 2.05) is 17.5 Å². The second-order valence-electron chi connectivity index (χ2n) is 13.6. The summed E-state index contributed by atoms with van der Waals surface area (Å²) in [6.45, 7) is 4.60. The van der Waals surface area contributed by atoms with Crippen LogP contribution in [-0.2, 0) is 19.6 Å². The van der Waals surface area contributed by atoms with Crippen molar-refractivity contribution in [2.75, 3.05) is 27.3 Å². The standard InChI is InChI=1S/C35H43ClN6O7S2/c1-20(2)26-19-50-32(38-26)25-17-28(23-12-13-27(48-4)29(36)30(23)37-25)49-16-14-24-31(43)40-35(33(44)41-51(46,47)22-10-11-22)18-21(35)9-7-5-6-8-15-42(3)34(45)39-24/h7,9,12-13,17,19-22,24H,5-6,8,10-11,14-16,18H2,1-4H3,(H,39,45)(H,40,43)(H,41,44)/b9-7-/t21-,24+,35-/m1/s1. The summed E-state index contributed by atoms with van der Waals surface area (Å²) >= 11 is 8.18. The Morgan fingerprint density at radius 3 is 2.69 bits per heavy atom. The first-order chi connectivity index (χ1) is 24.3. The number of ether oxygens (including phenoxy) is 2. The highest BCUT2D eigenvalue weighted by molar-refractivity contribution is 7.91. The molecule has 3 heterocycles. The summed E-state index contributed by atoms with van der Waals surface area (Å²) in [5, 5.41) is 8.63. The lowest BCUT2D eigenvalue weighted by molar-refractivity contribution is -0.130. The number of pyridine rings is 1. The molecule has 274 valence electrons. The number of nitrogens with zero attached hydrogens (tertiary/aromatic N) is 3. The highest BCUT2D eigenvalue weighted by atomic mass is 35.5. The molecule has 0 spiro atoms. The molecule has 4 amide bonds. The highest BCUT2D eigenvalue weighted by Crippen LogP contribution is 2.46. The van der Waals surface area contributed by atoms with Gasteiger partial charge >= 0.3 is 6.03 Å². The van der Waals surface area contributed by atoms with Crippen molar-refractivity contribution in [3.8, 4) is 22.2 Å². The van der Waals surface area contributed by atoms with Gasteiger partial charge in [0.1, 0.15) is 38.8 Å². The fraction of sp³-hybridized carbons (Fsp3) is 0.514. The molecule has 0 saturated heterocycles. The van der Waals surface area contributed by atoms with Crippen molar-refractivity contribution in [2.24, 2.45) is 5.92 Å². The fourth-order valence-electron chi connectivity index (χ4n) is 6.02. The molecule has 6 rings (SSSR count). The van der Waals surface area contributed by atoms with Crippen LogP contribution in [0.1, 0.15) is 70.4 Å². The summed E-state index contributed by atoms with van der Waals surface area (Å²) in [4.78, 5) is 51.8. The van der Waals surface area contributed by atoms with Crippen LogP contribution in [0.4, 0.5) is 4.79 Å². The van der Waals surface area contributed by atoms with Gasteiger partial charge in [-0.1, -0.05) is 37.6 Å². The monoisotopic (exact) mass is 758 g/mol. The van der Waals surface area contributed by atoms with E-state index in [0.717, 1.165) is 25.0 Å². The average Bonchev–Trinajstić information content (AvgIpc) is 4.01. The van der Waals surface area contributed by atoms with E-state index in [4.69, 9.17) is 31.0 Å². The van der Waals surface area contributed by atoms with Gasteiger partial charge < -0.3 is 25.0 Å². The molecular formula is C35H43ClN6O7S2. The van der Waals surface area contributed by atoms with Gasteiger partial charge in [0.15, 0.2) is 0 Å². The first kappa shape index (κ1) is 36.8. The fourth-order valence-corrected chi connectivity index (χ4v) is 8.61. The summed E-state index contributed by atoms with van der Waals surface area (Å²) in [5.41, 5.74) is 0.487. The number of halogens is 1. The summed E-state index contributed by atoms with van der Waals surface area (Å²) in [7, 11) is -0.673. The Labute approximate surface area is 306 Å². The first-order valence-electron chi connectivity index (χ1n) is 17.1. The van der Waals surface area contributed by atoms with Gasteiger partial charge in [0, 0.05) is 42.8 Å². The summed E-state index contributed by atoms with van der Waals surface area (Å²) in [6.07, 6.45) is 7.35. The van der Waals surface area contributed by atoms with Crippen LogP contribution in [0.5, 0.6) is 11.5 Å². The molecule has 51 heavy (non-hydrogen) atoms. The maximum atomic E-state index is 14.0. The van der Waals surface area contributed by atoms with E-state index < -0.39 is 44.7 Å². The van der Waals surface area contributed by atoms with Gasteiger partial charge in [-0.25, -0.2) is 23.2 Å². The number of benzene rings is 1. The van der Waals surface area contributed by atoms with Crippen LogP contribution in [-0.4, -0.2) is 85.3 Å². The SMILES string of the molecule is COc1ccc2c(OCC[C@@H]3NC(=O)N(C)CCCC/C=C\[C@@H]4C[C@@]4(C(=O)NS(=O)(=O)C4CC4)NC3=O)cc(-c3nc(C(C)C)cs3)nc2c1Cl. The van der Waals surface area contributed by atoms with Crippen LogP contribution in [0.3, 0.4) is 0 Å². The van der Waals surface area contributed by atoms with Crippen molar-refractivity contribution in [3.63, 3.8) is 0 Å². The zero-order valence-corrected chi connectivity index (χ0v) is 31.4. The number of hydrogen-bond donors (Lipinski definition) is 3. The molecule has 0 radical (unpaired) electrons. The number of hydrogen-bond acceptors (Lipinski definition) is 10. The number of urea groups is 1. The molecule has 3 atom stereocenters. The predicted molar refractivity (Wildman–Crippen MR) is 196 cm³/mol. The summed E-state index contributed by atoms with van der Waals surface area (Å²) < 4.78 is 39.4. The molecule has 2 aliphatic carbocycles. The van der Waals surface area contributed by atoms with Crippen molar-refractivity contribution in [3.05, 3.63) is 46.4 Å². The molecule has 3 N–H and O–H groups in total. The van der Waals surface area contributed by atoms with Crippen LogP contribution < -0.4 is 24.8 Å². The third-order valence-corrected chi connectivity index (χ3v) is 12.5. The number of carbonyl (C=O) groups is 3. The Morgan fingerprint density at radius 1 is 1.20 bits per heavy atom. The zero-order valence-electron chi connectivity index (χ0n) is 29.0. The van der Waals surface area contributed by atoms with Crippen molar-refractivity contribution in [1.82, 2.24) is 30.2 Å². The number of fused-ring (bicyclic) bond motifs is 2. The Balaban J connectivity index is 1.27. The Kier molecular flexibility index (Phi) is 10.8. The minimum Gasteiger partial charge on any atom is -0.495 e. The molecule has 13 nitrogen and oxygen atoms in total. The smallest absolute Gasteiger partial charge is 0.317 e. The van der Waals surface area contributed by atoms with Gasteiger partial charge in [0.25, 0.3) is 5.91 Å². The number of methoxy groups -OCH3 is 1. The maximum Gasteiger partial charge on any atom is 0.317 e. The zero-order chi connectivity index (χ0) is 36.5. The van der Waals surface area contributed by atoms with Gasteiger partial charge in [0.2, 0.25) is 15.9 Å². The molecule has 0 bridgehead atoms. The lowest BCUT2D eigenvalue weighted by Crippen LogP contribution is -2.58. The van der Waals surface area contributed by atoms with Crippen LogP contribution in [0.2, 0.25) is 5.02 Å². The van der Waals surface area contributed by atoms with E-state index in [0.29, 0.717) is 57.5 Å². The number of nitrogens with one attached hydrogen (secondary N) is 3. The number of thiazole rings is 1. The molecule has 1 aromatic carbocycles. The molecule has 0 unspecified atom stereocenters. The lowest BCUT2D eigenvalue weighted by atomic mass is 10.1. The third kappa shape index (κ3) is 8.10. The van der Waals surface area contributed by atoms with Crippen molar-refractivity contribution >= 4 is 61.7 Å². The number of sulfonamides is 1. The minimum absolute atomic E-state index is 0.0159. The van der Waals surface area contributed by atoms with Crippen molar-refractivity contribution in [2.45, 2.75) is 81.5 Å². The Morgan fingerprint density at radius 2 is 1.98 bits per heavy atom. The largest absolute Gasteiger partial charge is 0.495 e. The van der Waals surface area contributed by atoms with Crippen molar-refractivity contribution in [1.29, 1.82) is 0 Å². The normalized spacial score (nSPS) is 23.5. The lowest BCUT2D eigenvalue weighted by Gasteiger charge is -2.26. The van der Waals surface area contributed by atoms with Gasteiger partial charge in [0.05, 0.1) is 30.2 Å². The van der Waals surface area contributed by atoms with E-state index in [1.165, 1.54) is 23.3 Å². The van der Waals surface area contributed by atoms with E-state index >= 15 is 0 Å². The van der Waals surface area contributed by atoms with E-state index in [-0.39, 0.29) is 31.3 Å². The Hall–Kier alpha value is -3.95. The molecule has 3 aromatic rings. The van der Waals surface area contributed by atoms with Gasteiger partial charge in [-0.2, -0.15) is 0 Å². The third-order valence-electron chi connectivity index (χ3n) is 9.47. The highest BCUT2D eigenvalue weighted by Gasteiger charge is 2.61. The van der Waals surface area contributed by atoms with Crippen LogP contribution >= 0.6 is 22.9 Å². The average molecular weight is 759 g/mol. The molecule has 16 heteroatoms.